The van der Waals surface area contributed by atoms with E-state index in [0.717, 1.165) is 72.6 Å². The fourth-order valence-corrected chi connectivity index (χ4v) is 6.63. The Bertz CT molecular complexity index is 2550. The van der Waals surface area contributed by atoms with Gasteiger partial charge in [-0.05, 0) is 64.2 Å². The lowest BCUT2D eigenvalue weighted by atomic mass is 9.94. The van der Waals surface area contributed by atoms with Crippen molar-refractivity contribution in [2.24, 2.45) is 0 Å². The van der Waals surface area contributed by atoms with Gasteiger partial charge in [0.05, 0.1) is 11.4 Å². The van der Waals surface area contributed by atoms with E-state index in [1.807, 2.05) is 85.1 Å². The van der Waals surface area contributed by atoms with Crippen LogP contribution in [0, 0.1) is 0 Å². The van der Waals surface area contributed by atoms with E-state index in [9.17, 15) is 0 Å². The minimum Gasteiger partial charge on any atom is -0.264 e. The molecule has 254 valence electrons. The number of pyridine rings is 2. The topological polar surface area (TPSA) is 64.5 Å². The van der Waals surface area contributed by atoms with Crippen LogP contribution in [-0.4, -0.2) is 24.9 Å². The Kier molecular flexibility index (Phi) is 8.86. The monoisotopic (exact) mass is 691 g/mol. The van der Waals surface area contributed by atoms with E-state index in [2.05, 4.69) is 114 Å². The predicted molar refractivity (Wildman–Crippen MR) is 219 cm³/mol. The highest BCUT2D eigenvalue weighted by atomic mass is 15.0. The molecule has 0 atom stereocenters. The van der Waals surface area contributed by atoms with Crippen LogP contribution in [-0.2, 0) is 0 Å². The van der Waals surface area contributed by atoms with Gasteiger partial charge in [-0.25, -0.2) is 19.9 Å². The van der Waals surface area contributed by atoms with Gasteiger partial charge in [0.2, 0.25) is 0 Å². The highest BCUT2D eigenvalue weighted by Gasteiger charge is 2.15. The van der Waals surface area contributed by atoms with Gasteiger partial charge in [-0.15, -0.1) is 0 Å². The van der Waals surface area contributed by atoms with Gasteiger partial charge in [0.25, 0.3) is 0 Å². The Morgan fingerprint density at radius 1 is 0.241 bits per heavy atom. The van der Waals surface area contributed by atoms with Crippen LogP contribution in [0.1, 0.15) is 0 Å². The Hall–Kier alpha value is -7.37. The minimum atomic E-state index is 0.602. The van der Waals surface area contributed by atoms with Crippen LogP contribution in [0.5, 0.6) is 0 Å². The lowest BCUT2D eigenvalue weighted by Gasteiger charge is -2.13. The summed E-state index contributed by atoms with van der Waals surface area (Å²) in [6, 6.07) is 64.5. The van der Waals surface area contributed by atoms with Crippen molar-refractivity contribution in [3.8, 4) is 90.1 Å². The molecule has 0 amide bonds. The number of hydrogen-bond acceptors (Lipinski definition) is 5. The van der Waals surface area contributed by atoms with Crippen LogP contribution in [0.2, 0.25) is 0 Å². The van der Waals surface area contributed by atoms with Crippen molar-refractivity contribution in [1.29, 1.82) is 0 Å². The molecule has 0 unspecified atom stereocenters. The molecular weight excluding hydrogens is 659 g/mol. The van der Waals surface area contributed by atoms with E-state index in [1.54, 1.807) is 6.20 Å². The molecule has 0 aliphatic rings. The van der Waals surface area contributed by atoms with Crippen LogP contribution in [0.4, 0.5) is 0 Å². The molecule has 6 aromatic carbocycles. The van der Waals surface area contributed by atoms with Crippen LogP contribution in [0.15, 0.2) is 200 Å². The molecule has 0 radical (unpaired) electrons. The summed E-state index contributed by atoms with van der Waals surface area (Å²) < 4.78 is 0. The summed E-state index contributed by atoms with van der Waals surface area (Å²) in [4.78, 5) is 24.5. The summed E-state index contributed by atoms with van der Waals surface area (Å²) >= 11 is 0. The Balaban J connectivity index is 1.16. The third kappa shape index (κ3) is 6.94. The first-order chi connectivity index (χ1) is 26.7. The van der Waals surface area contributed by atoms with Gasteiger partial charge < -0.3 is 0 Å². The second kappa shape index (κ2) is 14.7. The first-order valence-corrected chi connectivity index (χ1v) is 17.9. The molecule has 0 saturated carbocycles. The zero-order valence-electron chi connectivity index (χ0n) is 29.3. The largest absolute Gasteiger partial charge is 0.264 e. The van der Waals surface area contributed by atoms with Crippen molar-refractivity contribution in [1.82, 2.24) is 24.9 Å². The van der Waals surface area contributed by atoms with Crippen molar-refractivity contribution in [3.63, 3.8) is 0 Å². The predicted octanol–water partition coefficient (Wildman–Crippen LogP) is 12.0. The standard InChI is InChI=1S/C49H33N5/c1-5-14-36(15-6-1)45-31-43(32-46(51-45)37-16-7-2-8-17-37)35-25-23-34(24-26-35)41-28-42(40-22-13-27-50-33-40)30-44(29-41)49-53-47(38-18-9-3-10-19-38)52-48(54-49)39-20-11-4-12-21-39/h1-33H. The third-order valence-corrected chi connectivity index (χ3v) is 9.40. The van der Waals surface area contributed by atoms with Gasteiger partial charge >= 0.3 is 0 Å². The molecule has 0 bridgehead atoms. The molecular formula is C49H33N5. The van der Waals surface area contributed by atoms with Gasteiger partial charge in [-0.2, -0.15) is 0 Å². The fourth-order valence-electron chi connectivity index (χ4n) is 6.63. The summed E-state index contributed by atoms with van der Waals surface area (Å²) in [5, 5.41) is 0. The lowest BCUT2D eigenvalue weighted by Crippen LogP contribution is -2.00. The summed E-state index contributed by atoms with van der Waals surface area (Å²) in [6.07, 6.45) is 3.69. The van der Waals surface area contributed by atoms with Crippen molar-refractivity contribution < 1.29 is 0 Å². The number of nitrogens with zero attached hydrogens (tertiary/aromatic N) is 5. The van der Waals surface area contributed by atoms with Gasteiger partial charge in [0, 0.05) is 45.8 Å². The van der Waals surface area contributed by atoms with Crippen molar-refractivity contribution >= 4 is 0 Å². The molecule has 9 rings (SSSR count). The normalized spacial score (nSPS) is 11.0. The zero-order valence-corrected chi connectivity index (χ0v) is 29.3. The first kappa shape index (κ1) is 32.5. The molecule has 3 aromatic heterocycles. The number of benzene rings is 6. The SMILES string of the molecule is c1ccc(-c2cc(-c3ccc(-c4cc(-c5cccnc5)cc(-c5nc(-c6ccccc6)nc(-c6ccccc6)n5)c4)cc3)cc(-c3ccccc3)n2)cc1. The maximum Gasteiger partial charge on any atom is 0.164 e. The summed E-state index contributed by atoms with van der Waals surface area (Å²) in [5.74, 6) is 1.85. The molecule has 9 aromatic rings. The Morgan fingerprint density at radius 3 is 1.06 bits per heavy atom. The highest BCUT2D eigenvalue weighted by Crippen LogP contribution is 2.35. The molecule has 0 N–H and O–H groups in total. The fraction of sp³-hybridized carbons (Fsp3) is 0. The van der Waals surface area contributed by atoms with Crippen LogP contribution < -0.4 is 0 Å². The smallest absolute Gasteiger partial charge is 0.164 e. The maximum atomic E-state index is 5.07. The second-order valence-corrected chi connectivity index (χ2v) is 13.0. The van der Waals surface area contributed by atoms with Crippen LogP contribution in [0.3, 0.4) is 0 Å². The van der Waals surface area contributed by atoms with Crippen molar-refractivity contribution in [3.05, 3.63) is 200 Å². The molecule has 5 nitrogen and oxygen atoms in total. The quantitative estimate of drug-likeness (QED) is 0.159. The zero-order chi connectivity index (χ0) is 36.1. The third-order valence-electron chi connectivity index (χ3n) is 9.40. The molecule has 0 fully saturated rings. The average Bonchev–Trinajstić information content (AvgIpc) is 3.27. The number of hydrogen-bond donors (Lipinski definition) is 0. The molecule has 54 heavy (non-hydrogen) atoms. The minimum absolute atomic E-state index is 0.602. The Labute approximate surface area is 314 Å². The molecule has 0 aliphatic carbocycles. The maximum absolute atomic E-state index is 5.07. The summed E-state index contributed by atoms with van der Waals surface area (Å²) in [7, 11) is 0. The molecule has 0 spiro atoms. The molecule has 0 saturated heterocycles. The van der Waals surface area contributed by atoms with Crippen LogP contribution in [0.25, 0.3) is 90.1 Å². The van der Waals surface area contributed by atoms with Gasteiger partial charge in [-0.1, -0.05) is 152 Å². The van der Waals surface area contributed by atoms with Crippen molar-refractivity contribution in [2.45, 2.75) is 0 Å². The summed E-state index contributed by atoms with van der Waals surface area (Å²) in [6.45, 7) is 0. The Morgan fingerprint density at radius 2 is 0.611 bits per heavy atom. The van der Waals surface area contributed by atoms with Crippen LogP contribution >= 0.6 is 0 Å². The van der Waals surface area contributed by atoms with Gasteiger partial charge in [0.1, 0.15) is 0 Å². The first-order valence-electron chi connectivity index (χ1n) is 17.9. The second-order valence-electron chi connectivity index (χ2n) is 13.0. The van der Waals surface area contributed by atoms with E-state index in [-0.39, 0.29) is 0 Å². The van der Waals surface area contributed by atoms with Gasteiger partial charge in [-0.3, -0.25) is 4.98 Å². The van der Waals surface area contributed by atoms with E-state index >= 15 is 0 Å². The molecule has 0 aliphatic heterocycles. The average molecular weight is 692 g/mol. The van der Waals surface area contributed by atoms with E-state index in [4.69, 9.17) is 19.9 Å². The molecule has 3 heterocycles. The summed E-state index contributed by atoms with van der Waals surface area (Å²) in [5.41, 5.74) is 13.2. The number of rotatable bonds is 8. The lowest BCUT2D eigenvalue weighted by molar-refractivity contribution is 1.07. The number of aromatic nitrogens is 5. The highest BCUT2D eigenvalue weighted by molar-refractivity contribution is 5.82. The molecule has 5 heteroatoms. The van der Waals surface area contributed by atoms with E-state index < -0.39 is 0 Å². The van der Waals surface area contributed by atoms with E-state index in [0.29, 0.717) is 17.5 Å². The van der Waals surface area contributed by atoms with Crippen molar-refractivity contribution in [2.75, 3.05) is 0 Å². The van der Waals surface area contributed by atoms with Gasteiger partial charge in [0.15, 0.2) is 17.5 Å². The van der Waals surface area contributed by atoms with E-state index in [1.165, 1.54) is 0 Å².